The summed E-state index contributed by atoms with van der Waals surface area (Å²) in [4.78, 5) is 1.28. The van der Waals surface area contributed by atoms with E-state index in [0.29, 0.717) is 0 Å². The van der Waals surface area contributed by atoms with Crippen LogP contribution >= 0.6 is 35.1 Å². The van der Waals surface area contributed by atoms with Crippen molar-refractivity contribution >= 4 is 35.1 Å². The minimum absolute atomic E-state index is 1.07. The van der Waals surface area contributed by atoms with Crippen molar-refractivity contribution in [2.75, 3.05) is 17.3 Å². The van der Waals surface area contributed by atoms with E-state index in [4.69, 9.17) is 0 Å². The summed E-state index contributed by atoms with van der Waals surface area (Å²) in [7, 11) is 0. The molecule has 0 radical (unpaired) electrons. The zero-order valence-corrected chi connectivity index (χ0v) is 9.47. The Morgan fingerprint density at radius 1 is 1.42 bits per heavy atom. The number of aromatic nitrogens is 2. The summed E-state index contributed by atoms with van der Waals surface area (Å²) in [6.07, 6.45) is 1.85. The van der Waals surface area contributed by atoms with E-state index in [9.17, 15) is 0 Å². The molecule has 1 aromatic rings. The largest absolute Gasteiger partial charge is 0.161 e. The first-order chi connectivity index (χ1) is 5.93. The van der Waals surface area contributed by atoms with E-state index >= 15 is 0 Å². The molecule has 0 aliphatic carbocycles. The maximum Gasteiger partial charge on any atom is 0.0661 e. The lowest BCUT2D eigenvalue weighted by atomic mass is 10.6. The zero-order valence-electron chi connectivity index (χ0n) is 7.02. The van der Waals surface area contributed by atoms with Crippen LogP contribution in [0.4, 0.5) is 0 Å². The molecule has 0 aliphatic heterocycles. The van der Waals surface area contributed by atoms with Gasteiger partial charge in [0.1, 0.15) is 0 Å². The molecular weight excluding hydrogens is 208 g/mol. The molecule has 0 spiro atoms. The number of rotatable bonds is 6. The van der Waals surface area contributed by atoms with E-state index in [-0.39, 0.29) is 0 Å². The van der Waals surface area contributed by atoms with E-state index < -0.39 is 0 Å². The average molecular weight is 220 g/mol. The molecule has 0 saturated heterocycles. The third-order valence-electron chi connectivity index (χ3n) is 1.23. The summed E-state index contributed by atoms with van der Waals surface area (Å²) < 4.78 is 3.81. The maximum absolute atomic E-state index is 3.81. The predicted molar refractivity (Wildman–Crippen MR) is 59.1 cm³/mol. The molecular formula is C7H12N2S3. The molecule has 1 rings (SSSR count). The zero-order chi connectivity index (χ0) is 8.65. The maximum atomic E-state index is 3.81. The lowest BCUT2D eigenvalue weighted by molar-refractivity contribution is 1.15. The van der Waals surface area contributed by atoms with Gasteiger partial charge < -0.3 is 0 Å². The van der Waals surface area contributed by atoms with Gasteiger partial charge in [0.15, 0.2) is 0 Å². The Labute approximate surface area is 85.7 Å². The van der Waals surface area contributed by atoms with Gasteiger partial charge in [-0.2, -0.15) is 23.5 Å². The molecule has 0 fully saturated rings. The normalized spacial score (nSPS) is 10.4. The number of nitrogens with zero attached hydrogens (tertiary/aromatic N) is 2. The van der Waals surface area contributed by atoms with Crippen LogP contribution in [-0.4, -0.2) is 26.8 Å². The number of hydrogen-bond acceptors (Lipinski definition) is 5. The van der Waals surface area contributed by atoms with Crippen molar-refractivity contribution in [3.05, 3.63) is 11.1 Å². The summed E-state index contributed by atoms with van der Waals surface area (Å²) in [6.45, 7) is 2.20. The summed E-state index contributed by atoms with van der Waals surface area (Å²) in [5.74, 6) is 4.79. The Balaban J connectivity index is 1.96. The summed E-state index contributed by atoms with van der Waals surface area (Å²) >= 11 is 5.46. The topological polar surface area (TPSA) is 25.8 Å². The molecule has 2 nitrogen and oxygen atoms in total. The number of thioether (sulfide) groups is 2. The van der Waals surface area contributed by atoms with Crippen LogP contribution in [0.5, 0.6) is 0 Å². The minimum Gasteiger partial charge on any atom is -0.161 e. The molecule has 5 heteroatoms. The Morgan fingerprint density at radius 3 is 2.92 bits per heavy atom. The Bertz CT molecular complexity index is 189. The van der Waals surface area contributed by atoms with Crippen molar-refractivity contribution < 1.29 is 0 Å². The van der Waals surface area contributed by atoms with Crippen LogP contribution in [0.2, 0.25) is 0 Å². The van der Waals surface area contributed by atoms with Crippen molar-refractivity contribution in [3.63, 3.8) is 0 Å². The van der Waals surface area contributed by atoms with Gasteiger partial charge in [-0.15, -0.1) is 5.10 Å². The van der Waals surface area contributed by atoms with Gasteiger partial charge in [0, 0.05) is 17.3 Å². The second-order valence-electron chi connectivity index (χ2n) is 2.13. The average Bonchev–Trinajstić information content (AvgIpc) is 2.57. The molecule has 0 bridgehead atoms. The second-order valence-corrected chi connectivity index (χ2v) is 5.50. The van der Waals surface area contributed by atoms with Crippen molar-refractivity contribution in [3.8, 4) is 0 Å². The van der Waals surface area contributed by atoms with Crippen molar-refractivity contribution in [1.82, 2.24) is 9.59 Å². The Hall–Kier alpha value is 0.260. The predicted octanol–water partition coefficient (Wildman–Crippen LogP) is 2.52. The highest BCUT2D eigenvalue weighted by atomic mass is 32.2. The second kappa shape index (κ2) is 6.74. The Kier molecular flexibility index (Phi) is 5.81. The van der Waals surface area contributed by atoms with Crippen LogP contribution < -0.4 is 0 Å². The molecule has 0 amide bonds. The van der Waals surface area contributed by atoms with E-state index in [1.165, 1.54) is 33.7 Å². The smallest absolute Gasteiger partial charge is 0.0661 e. The molecule has 0 unspecified atom stereocenters. The third-order valence-corrected chi connectivity index (χ3v) is 4.24. The first kappa shape index (κ1) is 10.3. The molecule has 1 aromatic heterocycles. The van der Waals surface area contributed by atoms with Crippen molar-refractivity contribution in [2.24, 2.45) is 0 Å². The molecule has 12 heavy (non-hydrogen) atoms. The summed E-state index contributed by atoms with van der Waals surface area (Å²) in [6, 6.07) is 0. The SMILES string of the molecule is CCSCCSCc1cnns1. The highest BCUT2D eigenvalue weighted by molar-refractivity contribution is 8.02. The summed E-state index contributed by atoms with van der Waals surface area (Å²) in [5, 5.41) is 3.79. The van der Waals surface area contributed by atoms with Gasteiger partial charge in [-0.3, -0.25) is 0 Å². The highest BCUT2D eigenvalue weighted by Gasteiger charge is 1.95. The van der Waals surface area contributed by atoms with Gasteiger partial charge in [-0.05, 0) is 17.3 Å². The van der Waals surface area contributed by atoms with Gasteiger partial charge in [0.05, 0.1) is 11.1 Å². The van der Waals surface area contributed by atoms with E-state index in [1.807, 2.05) is 29.7 Å². The molecule has 0 N–H and O–H groups in total. The third kappa shape index (κ3) is 4.33. The molecule has 0 saturated carbocycles. The lowest BCUT2D eigenvalue weighted by Gasteiger charge is -1.96. The first-order valence-corrected chi connectivity index (χ1v) is 6.93. The van der Waals surface area contributed by atoms with Crippen LogP contribution in [0.1, 0.15) is 11.8 Å². The fourth-order valence-electron chi connectivity index (χ4n) is 0.686. The molecule has 1 heterocycles. The fraction of sp³-hybridized carbons (Fsp3) is 0.714. The van der Waals surface area contributed by atoms with Gasteiger partial charge in [0.2, 0.25) is 0 Å². The van der Waals surface area contributed by atoms with Crippen molar-refractivity contribution in [2.45, 2.75) is 12.7 Å². The molecule has 0 aromatic carbocycles. The van der Waals surface area contributed by atoms with Crippen LogP contribution in [0.15, 0.2) is 6.20 Å². The highest BCUT2D eigenvalue weighted by Crippen LogP contribution is 2.15. The molecule has 0 atom stereocenters. The van der Waals surface area contributed by atoms with Crippen LogP contribution in [-0.2, 0) is 5.75 Å². The van der Waals surface area contributed by atoms with Crippen LogP contribution in [0.25, 0.3) is 0 Å². The monoisotopic (exact) mass is 220 g/mol. The van der Waals surface area contributed by atoms with Gasteiger partial charge in [-0.25, -0.2) is 0 Å². The van der Waals surface area contributed by atoms with Gasteiger partial charge >= 0.3 is 0 Å². The fourth-order valence-corrected chi connectivity index (χ4v) is 3.09. The minimum atomic E-state index is 1.07. The van der Waals surface area contributed by atoms with Gasteiger partial charge in [-0.1, -0.05) is 11.4 Å². The van der Waals surface area contributed by atoms with E-state index in [2.05, 4.69) is 16.5 Å². The van der Waals surface area contributed by atoms with E-state index in [1.54, 1.807) is 0 Å². The quantitative estimate of drug-likeness (QED) is 0.688. The standard InChI is InChI=1S/C7H12N2S3/c1-2-10-3-4-11-6-7-5-8-9-12-7/h5H,2-4,6H2,1H3. The van der Waals surface area contributed by atoms with E-state index in [0.717, 1.165) is 5.75 Å². The lowest BCUT2D eigenvalue weighted by Crippen LogP contribution is -1.84. The Morgan fingerprint density at radius 2 is 2.25 bits per heavy atom. The molecule has 0 aliphatic rings. The van der Waals surface area contributed by atoms with Crippen LogP contribution in [0, 0.1) is 0 Å². The molecule has 68 valence electrons. The van der Waals surface area contributed by atoms with Crippen LogP contribution in [0.3, 0.4) is 0 Å². The first-order valence-electron chi connectivity index (χ1n) is 3.85. The van der Waals surface area contributed by atoms with Gasteiger partial charge in [0.25, 0.3) is 0 Å². The van der Waals surface area contributed by atoms with Crippen molar-refractivity contribution in [1.29, 1.82) is 0 Å². The number of hydrogen-bond donors (Lipinski definition) is 0. The summed E-state index contributed by atoms with van der Waals surface area (Å²) in [5.41, 5.74) is 0.